The van der Waals surface area contributed by atoms with Crippen LogP contribution in [0.4, 0.5) is 13.2 Å². The number of hydrogen-bond donors (Lipinski definition) is 2. The summed E-state index contributed by atoms with van der Waals surface area (Å²) in [5.74, 6) is 0.891. The lowest BCUT2D eigenvalue weighted by molar-refractivity contribution is -0.136. The van der Waals surface area contributed by atoms with Crippen LogP contribution in [0.15, 0.2) is 23.1 Å². The number of hydrogen-bond acceptors (Lipinski definition) is 4. The topological polar surface area (TPSA) is 53.7 Å². The third kappa shape index (κ3) is 3.78. The van der Waals surface area contributed by atoms with E-state index < -0.39 is 11.7 Å². The lowest BCUT2D eigenvalue weighted by Gasteiger charge is -2.35. The molecule has 0 bridgehead atoms. The summed E-state index contributed by atoms with van der Waals surface area (Å²) in [6.45, 7) is 4.69. The lowest BCUT2D eigenvalue weighted by atomic mass is 9.77. The molecule has 4 atom stereocenters. The van der Waals surface area contributed by atoms with E-state index in [9.17, 15) is 18.0 Å². The van der Waals surface area contributed by atoms with Crippen LogP contribution < -0.4 is 16.5 Å². The van der Waals surface area contributed by atoms with Crippen LogP contribution >= 0.6 is 0 Å². The average Bonchev–Trinajstić information content (AvgIpc) is 3.22. The zero-order valence-corrected chi connectivity index (χ0v) is 17.7. The van der Waals surface area contributed by atoms with Crippen LogP contribution in [0.3, 0.4) is 0 Å². The molecule has 2 aromatic heterocycles. The molecule has 2 aromatic rings. The van der Waals surface area contributed by atoms with Crippen LogP contribution in [-0.2, 0) is 6.18 Å². The zero-order chi connectivity index (χ0) is 21.6. The van der Waals surface area contributed by atoms with Gasteiger partial charge in [0.15, 0.2) is 0 Å². The van der Waals surface area contributed by atoms with E-state index in [1.807, 2.05) is 0 Å². The first-order valence-corrected chi connectivity index (χ1v) is 10.7. The van der Waals surface area contributed by atoms with E-state index >= 15 is 0 Å². The predicted octanol–water partition coefficient (Wildman–Crippen LogP) is 3.51. The highest BCUT2D eigenvalue weighted by Crippen LogP contribution is 2.40. The fourth-order valence-corrected chi connectivity index (χ4v) is 5.31. The molecule has 1 aliphatic carbocycles. The van der Waals surface area contributed by atoms with Gasteiger partial charge in [0.1, 0.15) is 0 Å². The van der Waals surface area contributed by atoms with Gasteiger partial charge in [0.25, 0.3) is 0 Å². The smallest absolute Gasteiger partial charge is 0.293 e. The van der Waals surface area contributed by atoms with Gasteiger partial charge in [-0.1, -0.05) is 19.8 Å². The fraction of sp³-hybridized carbons (Fsp3) is 0.667. The maximum atomic E-state index is 13.5. The molecule has 2 aliphatic rings. The Bertz CT molecular complexity index is 966. The largest absolute Gasteiger partial charge is 0.418 e. The van der Waals surface area contributed by atoms with Crippen molar-refractivity contribution in [3.63, 3.8) is 0 Å². The Labute approximate surface area is 174 Å². The van der Waals surface area contributed by atoms with Crippen molar-refractivity contribution in [1.29, 1.82) is 0 Å². The number of nitrogens with one attached hydrogen (secondary N) is 2. The number of rotatable bonds is 4. The van der Waals surface area contributed by atoms with Gasteiger partial charge in [0.05, 0.1) is 23.9 Å². The average molecular weight is 425 g/mol. The van der Waals surface area contributed by atoms with Gasteiger partial charge in [-0.2, -0.15) is 13.2 Å². The maximum Gasteiger partial charge on any atom is 0.418 e. The second kappa shape index (κ2) is 8.01. The summed E-state index contributed by atoms with van der Waals surface area (Å²) < 4.78 is 43.4. The second-order valence-corrected chi connectivity index (χ2v) is 8.92. The lowest BCUT2D eigenvalue weighted by Crippen LogP contribution is -2.38. The van der Waals surface area contributed by atoms with Crippen LogP contribution in [0.1, 0.15) is 56.3 Å². The van der Waals surface area contributed by atoms with Crippen molar-refractivity contribution in [1.82, 2.24) is 24.7 Å². The standard InChI is InChI=1S/C21H30F3N5O/c1-13(10-18-26-25-12-27(18)3)15-6-4-7-16(11-15)29-14(2)19-17(21(22,23)24)8-5-9-28(19)20(29)30/h5,8-9,13,15-16,18,25-26H,4,6-7,10-12H2,1-3H3. The monoisotopic (exact) mass is 425 g/mol. The summed E-state index contributed by atoms with van der Waals surface area (Å²) in [5.41, 5.74) is 5.71. The maximum absolute atomic E-state index is 13.5. The number of aromatic nitrogens is 2. The molecule has 2 fully saturated rings. The van der Waals surface area contributed by atoms with Gasteiger partial charge in [0.2, 0.25) is 0 Å². The molecule has 1 aliphatic heterocycles. The van der Waals surface area contributed by atoms with Gasteiger partial charge in [0, 0.05) is 17.9 Å². The van der Waals surface area contributed by atoms with Crippen molar-refractivity contribution < 1.29 is 13.2 Å². The number of hydrazine groups is 1. The zero-order valence-electron chi connectivity index (χ0n) is 17.7. The van der Waals surface area contributed by atoms with Gasteiger partial charge < -0.3 is 0 Å². The number of imidazole rings is 1. The molecule has 0 aromatic carbocycles. The molecule has 0 amide bonds. The summed E-state index contributed by atoms with van der Waals surface area (Å²) in [7, 11) is 2.07. The minimum Gasteiger partial charge on any atom is -0.293 e. The Balaban J connectivity index is 1.61. The number of pyridine rings is 1. The van der Waals surface area contributed by atoms with Gasteiger partial charge in [-0.25, -0.2) is 15.6 Å². The number of alkyl halides is 3. The third-order valence-electron chi connectivity index (χ3n) is 7.00. The van der Waals surface area contributed by atoms with Crippen LogP contribution in [0.2, 0.25) is 0 Å². The molecule has 3 heterocycles. The van der Waals surface area contributed by atoms with E-state index in [-0.39, 0.29) is 23.4 Å². The number of aryl methyl sites for hydroxylation is 1. The van der Waals surface area contributed by atoms with Gasteiger partial charge >= 0.3 is 11.9 Å². The minimum absolute atomic E-state index is 0.0203. The van der Waals surface area contributed by atoms with E-state index in [0.29, 0.717) is 17.5 Å². The van der Waals surface area contributed by atoms with Crippen molar-refractivity contribution in [2.24, 2.45) is 11.8 Å². The van der Waals surface area contributed by atoms with Crippen molar-refractivity contribution in [2.75, 3.05) is 13.7 Å². The first-order valence-electron chi connectivity index (χ1n) is 10.7. The van der Waals surface area contributed by atoms with Crippen molar-refractivity contribution in [3.05, 3.63) is 40.1 Å². The molecule has 1 saturated carbocycles. The van der Waals surface area contributed by atoms with E-state index in [1.165, 1.54) is 12.3 Å². The van der Waals surface area contributed by atoms with Gasteiger partial charge in [-0.05, 0) is 57.2 Å². The van der Waals surface area contributed by atoms with Crippen LogP contribution in [0.25, 0.3) is 5.52 Å². The summed E-state index contributed by atoms with van der Waals surface area (Å²) in [6, 6.07) is 2.29. The van der Waals surface area contributed by atoms with Crippen LogP contribution in [-0.4, -0.2) is 33.7 Å². The summed E-state index contributed by atoms with van der Waals surface area (Å²) >= 11 is 0. The van der Waals surface area contributed by atoms with Crippen LogP contribution in [0, 0.1) is 18.8 Å². The third-order valence-corrected chi connectivity index (χ3v) is 7.00. The van der Waals surface area contributed by atoms with E-state index in [1.54, 1.807) is 11.5 Å². The Morgan fingerprint density at radius 1 is 1.30 bits per heavy atom. The molecule has 30 heavy (non-hydrogen) atoms. The minimum atomic E-state index is -4.49. The second-order valence-electron chi connectivity index (χ2n) is 8.92. The summed E-state index contributed by atoms with van der Waals surface area (Å²) in [5, 5.41) is 0. The Kier molecular flexibility index (Phi) is 5.71. The number of halogens is 3. The molecule has 166 valence electrons. The molecule has 9 heteroatoms. The molecule has 1 saturated heterocycles. The van der Waals surface area contributed by atoms with Crippen molar-refractivity contribution in [2.45, 2.75) is 64.3 Å². The first-order chi connectivity index (χ1) is 14.2. The summed E-state index contributed by atoms with van der Waals surface area (Å²) in [6.07, 6.45) is 1.94. The molecular formula is C21H30F3N5O. The number of fused-ring (bicyclic) bond motifs is 1. The summed E-state index contributed by atoms with van der Waals surface area (Å²) in [4.78, 5) is 15.3. The molecular weight excluding hydrogens is 395 g/mol. The molecule has 6 nitrogen and oxygen atoms in total. The van der Waals surface area contributed by atoms with Gasteiger partial charge in [-0.3, -0.25) is 13.9 Å². The SMILES string of the molecule is Cc1c2c(C(F)(F)F)cccn2c(=O)n1C1CCCC(C(C)CC2NNCN2C)C1. The highest BCUT2D eigenvalue weighted by Gasteiger charge is 2.36. The van der Waals surface area contributed by atoms with Crippen molar-refractivity contribution >= 4 is 5.52 Å². The van der Waals surface area contributed by atoms with Gasteiger partial charge in [-0.15, -0.1) is 0 Å². The quantitative estimate of drug-likeness (QED) is 0.787. The molecule has 0 spiro atoms. The normalized spacial score (nSPS) is 27.1. The Morgan fingerprint density at radius 2 is 2.07 bits per heavy atom. The van der Waals surface area contributed by atoms with Crippen molar-refractivity contribution in [3.8, 4) is 0 Å². The predicted molar refractivity (Wildman–Crippen MR) is 109 cm³/mol. The van der Waals surface area contributed by atoms with E-state index in [0.717, 1.165) is 49.2 Å². The molecule has 0 radical (unpaired) electrons. The highest BCUT2D eigenvalue weighted by atomic mass is 19.4. The Morgan fingerprint density at radius 3 is 2.73 bits per heavy atom. The number of nitrogens with zero attached hydrogens (tertiary/aromatic N) is 3. The van der Waals surface area contributed by atoms with E-state index in [2.05, 4.69) is 29.7 Å². The van der Waals surface area contributed by atoms with E-state index in [4.69, 9.17) is 0 Å². The van der Waals surface area contributed by atoms with Crippen LogP contribution in [0.5, 0.6) is 0 Å². The molecule has 2 N–H and O–H groups in total. The Hall–Kier alpha value is -1.84. The first kappa shape index (κ1) is 21.4. The fourth-order valence-electron chi connectivity index (χ4n) is 5.31. The molecule has 4 rings (SSSR count). The molecule has 4 unspecified atom stereocenters. The highest BCUT2D eigenvalue weighted by molar-refractivity contribution is 5.60.